The smallest absolute Gasteiger partial charge is 0.261 e. The van der Waals surface area contributed by atoms with E-state index in [4.69, 9.17) is 20.8 Å². The standard InChI is InChI=1S/C22H20ClFN2O3/c23-16-5-3-15(4-6-16)12-19-13-25-22(29-19)20-2-1-11-26(20)21(27)14-28-18-9-7-17(24)8-10-18/h3-10,13,20H,1-2,11-12,14H2/t20-/m0/s1. The summed E-state index contributed by atoms with van der Waals surface area (Å²) in [5.74, 6) is 1.25. The Hall–Kier alpha value is -2.86. The second-order valence-corrected chi connectivity index (χ2v) is 7.39. The molecule has 0 saturated carbocycles. The van der Waals surface area contributed by atoms with Gasteiger partial charge in [0.2, 0.25) is 5.89 Å². The Kier molecular flexibility index (Phi) is 5.81. The van der Waals surface area contributed by atoms with E-state index in [0.717, 1.165) is 24.2 Å². The van der Waals surface area contributed by atoms with Crippen LogP contribution in [0.4, 0.5) is 4.39 Å². The van der Waals surface area contributed by atoms with Gasteiger partial charge in [-0.25, -0.2) is 9.37 Å². The van der Waals surface area contributed by atoms with Crippen LogP contribution in [0.25, 0.3) is 0 Å². The number of carbonyl (C=O) groups excluding carboxylic acids is 1. The number of benzene rings is 2. The van der Waals surface area contributed by atoms with Gasteiger partial charge in [0.25, 0.3) is 5.91 Å². The molecule has 4 rings (SSSR count). The highest BCUT2D eigenvalue weighted by molar-refractivity contribution is 6.30. The van der Waals surface area contributed by atoms with E-state index in [-0.39, 0.29) is 24.4 Å². The maximum absolute atomic E-state index is 13.0. The average molecular weight is 415 g/mol. The van der Waals surface area contributed by atoms with Crippen molar-refractivity contribution >= 4 is 17.5 Å². The molecule has 0 N–H and O–H groups in total. The number of amides is 1. The largest absolute Gasteiger partial charge is 0.484 e. The lowest BCUT2D eigenvalue weighted by Gasteiger charge is -2.22. The highest BCUT2D eigenvalue weighted by Gasteiger charge is 2.33. The first kappa shape index (κ1) is 19.5. The van der Waals surface area contributed by atoms with Gasteiger partial charge in [0.1, 0.15) is 23.4 Å². The van der Waals surface area contributed by atoms with E-state index >= 15 is 0 Å². The summed E-state index contributed by atoms with van der Waals surface area (Å²) in [4.78, 5) is 18.8. The van der Waals surface area contributed by atoms with E-state index in [1.807, 2.05) is 24.3 Å². The summed E-state index contributed by atoms with van der Waals surface area (Å²) in [6.45, 7) is 0.519. The fourth-order valence-electron chi connectivity index (χ4n) is 3.44. The topological polar surface area (TPSA) is 55.6 Å². The van der Waals surface area contributed by atoms with Crippen LogP contribution in [0.5, 0.6) is 5.75 Å². The number of nitrogens with zero attached hydrogens (tertiary/aromatic N) is 2. The summed E-state index contributed by atoms with van der Waals surface area (Å²) >= 11 is 5.92. The molecule has 1 aliphatic heterocycles. The van der Waals surface area contributed by atoms with Crippen molar-refractivity contribution in [2.45, 2.75) is 25.3 Å². The van der Waals surface area contributed by atoms with Crippen molar-refractivity contribution in [3.05, 3.63) is 82.8 Å². The molecule has 2 aromatic carbocycles. The molecule has 5 nitrogen and oxygen atoms in total. The Labute approximate surface area is 173 Å². The number of rotatable bonds is 6. The van der Waals surface area contributed by atoms with Gasteiger partial charge >= 0.3 is 0 Å². The Morgan fingerprint density at radius 2 is 1.97 bits per heavy atom. The predicted octanol–water partition coefficient (Wildman–Crippen LogP) is 4.80. The van der Waals surface area contributed by atoms with E-state index in [1.165, 1.54) is 24.3 Å². The Morgan fingerprint density at radius 3 is 2.72 bits per heavy atom. The molecule has 1 fully saturated rings. The highest BCUT2D eigenvalue weighted by Crippen LogP contribution is 2.32. The third-order valence-corrected chi connectivity index (χ3v) is 5.15. The van der Waals surface area contributed by atoms with Crippen LogP contribution in [-0.4, -0.2) is 28.9 Å². The zero-order chi connectivity index (χ0) is 20.2. The second-order valence-electron chi connectivity index (χ2n) is 6.96. The summed E-state index contributed by atoms with van der Waals surface area (Å²) in [5, 5.41) is 0.690. The molecule has 29 heavy (non-hydrogen) atoms. The normalized spacial score (nSPS) is 16.2. The van der Waals surface area contributed by atoms with Crippen LogP contribution in [0.3, 0.4) is 0 Å². The van der Waals surface area contributed by atoms with Crippen LogP contribution in [-0.2, 0) is 11.2 Å². The van der Waals surface area contributed by atoms with Crippen LogP contribution < -0.4 is 4.74 Å². The molecular formula is C22H20ClFN2O3. The van der Waals surface area contributed by atoms with Crippen LogP contribution in [0.15, 0.2) is 59.1 Å². The number of likely N-dealkylation sites (tertiary alicyclic amines) is 1. The number of hydrogen-bond acceptors (Lipinski definition) is 4. The molecule has 0 bridgehead atoms. The molecule has 0 spiro atoms. The van der Waals surface area contributed by atoms with Gasteiger partial charge in [-0.1, -0.05) is 23.7 Å². The van der Waals surface area contributed by atoms with E-state index < -0.39 is 0 Å². The molecule has 1 aromatic heterocycles. The van der Waals surface area contributed by atoms with E-state index in [2.05, 4.69) is 4.98 Å². The van der Waals surface area contributed by atoms with E-state index in [9.17, 15) is 9.18 Å². The number of carbonyl (C=O) groups is 1. The van der Waals surface area contributed by atoms with Gasteiger partial charge in [-0.3, -0.25) is 4.79 Å². The lowest BCUT2D eigenvalue weighted by Crippen LogP contribution is -2.34. The second kappa shape index (κ2) is 8.66. The number of aromatic nitrogens is 1. The number of oxazole rings is 1. The zero-order valence-electron chi connectivity index (χ0n) is 15.7. The van der Waals surface area contributed by atoms with Gasteiger partial charge in [0.05, 0.1) is 6.20 Å². The summed E-state index contributed by atoms with van der Waals surface area (Å²) in [5.41, 5.74) is 1.07. The van der Waals surface area contributed by atoms with E-state index in [1.54, 1.807) is 11.1 Å². The van der Waals surface area contributed by atoms with Crippen LogP contribution in [0.2, 0.25) is 5.02 Å². The van der Waals surface area contributed by atoms with Gasteiger partial charge < -0.3 is 14.1 Å². The maximum atomic E-state index is 13.0. The molecule has 1 saturated heterocycles. The fourth-order valence-corrected chi connectivity index (χ4v) is 3.57. The van der Waals surface area contributed by atoms with Gasteiger partial charge in [-0.15, -0.1) is 0 Å². The van der Waals surface area contributed by atoms with Gasteiger partial charge in [0, 0.05) is 18.0 Å². The fraction of sp³-hybridized carbons (Fsp3) is 0.273. The van der Waals surface area contributed by atoms with Crippen LogP contribution >= 0.6 is 11.6 Å². The first-order chi connectivity index (χ1) is 14.1. The molecule has 150 valence electrons. The third kappa shape index (κ3) is 4.77. The molecule has 0 radical (unpaired) electrons. The molecule has 2 heterocycles. The molecule has 0 unspecified atom stereocenters. The summed E-state index contributed by atoms with van der Waals surface area (Å²) in [7, 11) is 0. The minimum Gasteiger partial charge on any atom is -0.484 e. The molecule has 1 amide bonds. The zero-order valence-corrected chi connectivity index (χ0v) is 16.4. The SMILES string of the molecule is O=C(COc1ccc(F)cc1)N1CCC[C@H]1c1ncc(Cc2ccc(Cl)cc2)o1. The lowest BCUT2D eigenvalue weighted by molar-refractivity contribution is -0.134. The predicted molar refractivity (Wildman–Crippen MR) is 106 cm³/mol. The van der Waals surface area contributed by atoms with Crippen LogP contribution in [0.1, 0.15) is 36.1 Å². The minimum absolute atomic E-state index is 0.111. The van der Waals surface area contributed by atoms with Crippen molar-refractivity contribution in [1.29, 1.82) is 0 Å². The molecular weight excluding hydrogens is 395 g/mol. The van der Waals surface area contributed by atoms with Crippen molar-refractivity contribution in [3.63, 3.8) is 0 Å². The minimum atomic E-state index is -0.346. The summed E-state index contributed by atoms with van der Waals surface area (Å²) in [6, 6.07) is 13.0. The Balaban J connectivity index is 1.38. The Bertz CT molecular complexity index is 972. The number of hydrogen-bond donors (Lipinski definition) is 0. The van der Waals surface area contributed by atoms with E-state index in [0.29, 0.717) is 29.6 Å². The van der Waals surface area contributed by atoms with Crippen LogP contribution in [0, 0.1) is 5.82 Å². The number of halogens is 2. The van der Waals surface area contributed by atoms with Crippen molar-refractivity contribution < 1.29 is 18.3 Å². The molecule has 3 aromatic rings. The molecule has 7 heteroatoms. The average Bonchev–Trinajstić information content (AvgIpc) is 3.38. The monoisotopic (exact) mass is 414 g/mol. The lowest BCUT2D eigenvalue weighted by atomic mass is 10.1. The number of ether oxygens (including phenoxy) is 1. The third-order valence-electron chi connectivity index (χ3n) is 4.90. The molecule has 1 atom stereocenters. The molecule has 0 aliphatic carbocycles. The Morgan fingerprint density at radius 1 is 1.21 bits per heavy atom. The van der Waals surface area contributed by atoms with Crippen molar-refractivity contribution in [3.8, 4) is 5.75 Å². The van der Waals surface area contributed by atoms with Crippen molar-refractivity contribution in [1.82, 2.24) is 9.88 Å². The summed E-state index contributed by atoms with van der Waals surface area (Å²) < 4.78 is 24.4. The van der Waals surface area contributed by atoms with Crippen molar-refractivity contribution in [2.75, 3.05) is 13.2 Å². The highest BCUT2D eigenvalue weighted by atomic mass is 35.5. The van der Waals surface area contributed by atoms with Gasteiger partial charge in [-0.2, -0.15) is 0 Å². The van der Waals surface area contributed by atoms with Gasteiger partial charge in [0.15, 0.2) is 6.61 Å². The maximum Gasteiger partial charge on any atom is 0.261 e. The first-order valence-electron chi connectivity index (χ1n) is 9.45. The summed E-state index contributed by atoms with van der Waals surface area (Å²) in [6.07, 6.45) is 3.99. The quantitative estimate of drug-likeness (QED) is 0.581. The molecule has 1 aliphatic rings. The van der Waals surface area contributed by atoms with Gasteiger partial charge in [-0.05, 0) is 54.8 Å². The first-order valence-corrected chi connectivity index (χ1v) is 9.83. The van der Waals surface area contributed by atoms with Crippen molar-refractivity contribution in [2.24, 2.45) is 0 Å².